The first-order chi connectivity index (χ1) is 8.31. The number of aromatic nitrogens is 3. The zero-order valence-corrected chi connectivity index (χ0v) is 10.7. The molecule has 3 rings (SSSR count). The molecule has 0 unspecified atom stereocenters. The van der Waals surface area contributed by atoms with Crippen LogP contribution < -0.4 is 5.32 Å². The van der Waals surface area contributed by atoms with Gasteiger partial charge in [0, 0.05) is 29.9 Å². The van der Waals surface area contributed by atoms with Gasteiger partial charge in [-0.25, -0.2) is 4.98 Å². The average Bonchev–Trinajstić information content (AvgIpc) is 2.90. The van der Waals surface area contributed by atoms with Crippen LogP contribution in [0.3, 0.4) is 0 Å². The largest absolute Gasteiger partial charge is 0.308 e. The monoisotopic (exact) mass is 248 g/mol. The molecule has 0 aliphatic heterocycles. The van der Waals surface area contributed by atoms with E-state index in [1.807, 2.05) is 17.8 Å². The number of nitrogens with one attached hydrogen (secondary N) is 1. The average molecular weight is 248 g/mol. The Morgan fingerprint density at radius 2 is 2.41 bits per heavy atom. The lowest BCUT2D eigenvalue weighted by Gasteiger charge is -2.06. The van der Waals surface area contributed by atoms with E-state index in [9.17, 15) is 0 Å². The van der Waals surface area contributed by atoms with Gasteiger partial charge in [-0.05, 0) is 25.8 Å². The van der Waals surface area contributed by atoms with Crippen LogP contribution in [-0.4, -0.2) is 20.8 Å². The van der Waals surface area contributed by atoms with Crippen LogP contribution in [0, 0.1) is 6.92 Å². The summed E-state index contributed by atoms with van der Waals surface area (Å²) in [6, 6.07) is 2.82. The van der Waals surface area contributed by atoms with E-state index in [0.29, 0.717) is 0 Å². The van der Waals surface area contributed by atoms with E-state index in [0.717, 1.165) is 29.8 Å². The van der Waals surface area contributed by atoms with Gasteiger partial charge in [0.2, 0.25) is 0 Å². The van der Waals surface area contributed by atoms with Crippen molar-refractivity contribution in [1.29, 1.82) is 0 Å². The van der Waals surface area contributed by atoms with E-state index in [1.165, 1.54) is 18.5 Å². The van der Waals surface area contributed by atoms with Gasteiger partial charge in [-0.3, -0.25) is 4.68 Å². The minimum atomic E-state index is 0.737. The van der Waals surface area contributed by atoms with Crippen molar-refractivity contribution in [2.75, 3.05) is 0 Å². The van der Waals surface area contributed by atoms with E-state index in [4.69, 9.17) is 0 Å². The van der Waals surface area contributed by atoms with Crippen molar-refractivity contribution in [1.82, 2.24) is 20.1 Å². The van der Waals surface area contributed by atoms with Gasteiger partial charge < -0.3 is 5.32 Å². The van der Waals surface area contributed by atoms with Gasteiger partial charge in [-0.1, -0.05) is 0 Å². The standard InChI is InChI=1S/C12H16N4S/c1-9-8-17-12(15-9)7-16-11(4-5-14-16)6-13-10-2-3-10/h4-5,8,10,13H,2-3,6-7H2,1H3. The van der Waals surface area contributed by atoms with E-state index < -0.39 is 0 Å². The molecule has 0 bridgehead atoms. The molecule has 1 aliphatic carbocycles. The maximum Gasteiger partial charge on any atom is 0.114 e. The third-order valence-electron chi connectivity index (χ3n) is 2.91. The van der Waals surface area contributed by atoms with Crippen molar-refractivity contribution < 1.29 is 0 Å². The predicted molar refractivity (Wildman–Crippen MR) is 68.0 cm³/mol. The number of aryl methyl sites for hydroxylation is 1. The van der Waals surface area contributed by atoms with E-state index in [2.05, 4.69) is 26.8 Å². The summed E-state index contributed by atoms with van der Waals surface area (Å²) in [6.45, 7) is 3.72. The molecule has 0 saturated heterocycles. The highest BCUT2D eigenvalue weighted by atomic mass is 32.1. The first-order valence-electron chi connectivity index (χ1n) is 5.96. The van der Waals surface area contributed by atoms with Crippen molar-refractivity contribution in [3.63, 3.8) is 0 Å². The number of thiazole rings is 1. The molecule has 2 heterocycles. The Morgan fingerprint density at radius 1 is 1.53 bits per heavy atom. The quantitative estimate of drug-likeness (QED) is 0.879. The van der Waals surface area contributed by atoms with E-state index in [1.54, 1.807) is 11.3 Å². The summed E-state index contributed by atoms with van der Waals surface area (Å²) in [5.41, 5.74) is 2.33. The number of hydrogen-bond donors (Lipinski definition) is 1. The normalized spacial score (nSPS) is 15.4. The van der Waals surface area contributed by atoms with Crippen LogP contribution >= 0.6 is 11.3 Å². The Balaban J connectivity index is 1.67. The molecule has 0 amide bonds. The molecule has 0 atom stereocenters. The predicted octanol–water partition coefficient (Wildman–Crippen LogP) is 1.95. The lowest BCUT2D eigenvalue weighted by molar-refractivity contribution is 0.592. The molecule has 90 valence electrons. The topological polar surface area (TPSA) is 42.7 Å². The fourth-order valence-corrected chi connectivity index (χ4v) is 2.55. The van der Waals surface area contributed by atoms with Crippen LogP contribution in [0.4, 0.5) is 0 Å². The van der Waals surface area contributed by atoms with Crippen LogP contribution in [0.15, 0.2) is 17.6 Å². The Kier molecular flexibility index (Phi) is 2.94. The maximum absolute atomic E-state index is 4.47. The highest BCUT2D eigenvalue weighted by molar-refractivity contribution is 7.09. The van der Waals surface area contributed by atoms with Gasteiger partial charge in [0.05, 0.1) is 12.2 Å². The van der Waals surface area contributed by atoms with Crippen molar-refractivity contribution in [2.24, 2.45) is 0 Å². The highest BCUT2D eigenvalue weighted by Gasteiger charge is 2.20. The summed E-state index contributed by atoms with van der Waals surface area (Å²) in [7, 11) is 0. The van der Waals surface area contributed by atoms with Gasteiger partial charge >= 0.3 is 0 Å². The molecule has 0 spiro atoms. The maximum atomic E-state index is 4.47. The molecule has 5 heteroatoms. The summed E-state index contributed by atoms with van der Waals surface area (Å²) in [6.07, 6.45) is 4.50. The molecular formula is C12H16N4S. The van der Waals surface area contributed by atoms with Crippen LogP contribution in [0.25, 0.3) is 0 Å². The van der Waals surface area contributed by atoms with Gasteiger partial charge in [0.1, 0.15) is 5.01 Å². The van der Waals surface area contributed by atoms with Gasteiger partial charge in [-0.15, -0.1) is 11.3 Å². The Labute approximate surface area is 105 Å². The lowest BCUT2D eigenvalue weighted by atomic mass is 10.4. The van der Waals surface area contributed by atoms with Crippen molar-refractivity contribution in [2.45, 2.75) is 38.9 Å². The van der Waals surface area contributed by atoms with Crippen LogP contribution in [-0.2, 0) is 13.1 Å². The smallest absolute Gasteiger partial charge is 0.114 e. The fraction of sp³-hybridized carbons (Fsp3) is 0.500. The zero-order chi connectivity index (χ0) is 11.7. The second-order valence-corrected chi connectivity index (χ2v) is 5.46. The Hall–Kier alpha value is -1.20. The molecule has 1 aliphatic rings. The number of rotatable bonds is 5. The molecule has 1 N–H and O–H groups in total. The molecule has 4 nitrogen and oxygen atoms in total. The molecule has 2 aromatic heterocycles. The summed E-state index contributed by atoms with van der Waals surface area (Å²) < 4.78 is 2.04. The molecule has 17 heavy (non-hydrogen) atoms. The zero-order valence-electron chi connectivity index (χ0n) is 9.89. The van der Waals surface area contributed by atoms with E-state index >= 15 is 0 Å². The van der Waals surface area contributed by atoms with Crippen molar-refractivity contribution >= 4 is 11.3 Å². The Bertz CT molecular complexity index is 498. The van der Waals surface area contributed by atoms with Gasteiger partial charge in [0.25, 0.3) is 0 Å². The second kappa shape index (κ2) is 4.58. The fourth-order valence-electron chi connectivity index (χ4n) is 1.79. The lowest BCUT2D eigenvalue weighted by Crippen LogP contribution is -2.18. The molecule has 2 aromatic rings. The van der Waals surface area contributed by atoms with Crippen LogP contribution in [0.2, 0.25) is 0 Å². The van der Waals surface area contributed by atoms with E-state index in [-0.39, 0.29) is 0 Å². The minimum Gasteiger partial charge on any atom is -0.308 e. The summed E-state index contributed by atoms with van der Waals surface area (Å²) in [5.74, 6) is 0. The third-order valence-corrected chi connectivity index (χ3v) is 3.86. The van der Waals surface area contributed by atoms with Crippen LogP contribution in [0.1, 0.15) is 29.2 Å². The van der Waals surface area contributed by atoms with Gasteiger partial charge in [-0.2, -0.15) is 5.10 Å². The summed E-state index contributed by atoms with van der Waals surface area (Å²) in [5, 5.41) is 11.1. The molecule has 0 aromatic carbocycles. The number of hydrogen-bond acceptors (Lipinski definition) is 4. The summed E-state index contributed by atoms with van der Waals surface area (Å²) in [4.78, 5) is 4.47. The second-order valence-electron chi connectivity index (χ2n) is 4.52. The summed E-state index contributed by atoms with van der Waals surface area (Å²) >= 11 is 1.70. The number of nitrogens with zero attached hydrogens (tertiary/aromatic N) is 3. The van der Waals surface area contributed by atoms with Crippen molar-refractivity contribution in [3.05, 3.63) is 34.0 Å². The van der Waals surface area contributed by atoms with Crippen LogP contribution in [0.5, 0.6) is 0 Å². The molecule has 1 saturated carbocycles. The minimum absolute atomic E-state index is 0.737. The third kappa shape index (κ3) is 2.73. The highest BCUT2D eigenvalue weighted by Crippen LogP contribution is 2.19. The molecule has 0 radical (unpaired) electrons. The molecule has 1 fully saturated rings. The molecular weight excluding hydrogens is 232 g/mol. The van der Waals surface area contributed by atoms with Gasteiger partial charge in [0.15, 0.2) is 0 Å². The SMILES string of the molecule is Cc1csc(Cn2nccc2CNC2CC2)n1. The van der Waals surface area contributed by atoms with Crippen molar-refractivity contribution in [3.8, 4) is 0 Å². The Morgan fingerprint density at radius 3 is 3.12 bits per heavy atom. The first-order valence-corrected chi connectivity index (χ1v) is 6.84. The first kappa shape index (κ1) is 10.9.